The highest BCUT2D eigenvalue weighted by molar-refractivity contribution is 7.12. The largest absolute Gasteiger partial charge is 0.297 e. The van der Waals surface area contributed by atoms with Gasteiger partial charge in [0, 0.05) is 16.2 Å². The standard InChI is InChI=1S/C17H27NOS/c1-4-14-9-10-15(20-14)13-16(19)17(18(2)3)11-7-5-6-8-12-17/h9-10H,4-8,11-13H2,1-3H3. The third-order valence-electron chi connectivity index (χ3n) is 4.71. The van der Waals surface area contributed by atoms with Gasteiger partial charge < -0.3 is 0 Å². The lowest BCUT2D eigenvalue weighted by Gasteiger charge is -2.38. The monoisotopic (exact) mass is 293 g/mol. The summed E-state index contributed by atoms with van der Waals surface area (Å²) < 4.78 is 0. The second-order valence-corrected chi connectivity index (χ2v) is 7.41. The Hall–Kier alpha value is -0.670. The molecule has 2 nitrogen and oxygen atoms in total. The first-order valence-electron chi connectivity index (χ1n) is 7.87. The fraction of sp³-hybridized carbons (Fsp3) is 0.706. The van der Waals surface area contributed by atoms with Crippen molar-refractivity contribution in [2.24, 2.45) is 0 Å². The zero-order valence-electron chi connectivity index (χ0n) is 13.1. The van der Waals surface area contributed by atoms with E-state index in [1.165, 1.54) is 35.4 Å². The van der Waals surface area contributed by atoms with Gasteiger partial charge in [0.25, 0.3) is 0 Å². The minimum atomic E-state index is -0.215. The summed E-state index contributed by atoms with van der Waals surface area (Å²) in [7, 11) is 4.16. The number of ketones is 1. The Morgan fingerprint density at radius 3 is 2.25 bits per heavy atom. The molecule has 0 amide bonds. The first-order valence-corrected chi connectivity index (χ1v) is 8.68. The van der Waals surface area contributed by atoms with Crippen LogP contribution in [0.4, 0.5) is 0 Å². The molecule has 0 unspecified atom stereocenters. The Balaban J connectivity index is 2.14. The summed E-state index contributed by atoms with van der Waals surface area (Å²) in [5.74, 6) is 0.425. The Labute approximate surface area is 127 Å². The molecule has 1 aliphatic carbocycles. The van der Waals surface area contributed by atoms with Crippen LogP contribution in [0.15, 0.2) is 12.1 Å². The van der Waals surface area contributed by atoms with Crippen LogP contribution < -0.4 is 0 Å². The zero-order chi connectivity index (χ0) is 14.6. The van der Waals surface area contributed by atoms with Crippen molar-refractivity contribution in [3.63, 3.8) is 0 Å². The maximum absolute atomic E-state index is 12.9. The number of thiophene rings is 1. The molecule has 0 bridgehead atoms. The molecular weight excluding hydrogens is 266 g/mol. The van der Waals surface area contributed by atoms with Gasteiger partial charge in [0.05, 0.1) is 5.54 Å². The van der Waals surface area contributed by atoms with Gasteiger partial charge in [-0.15, -0.1) is 11.3 Å². The number of carbonyl (C=O) groups excluding carboxylic acids is 1. The molecular formula is C17H27NOS. The van der Waals surface area contributed by atoms with E-state index in [0.29, 0.717) is 12.2 Å². The van der Waals surface area contributed by atoms with E-state index in [1.54, 1.807) is 11.3 Å². The van der Waals surface area contributed by atoms with Crippen molar-refractivity contribution in [1.82, 2.24) is 4.90 Å². The maximum Gasteiger partial charge on any atom is 0.158 e. The summed E-state index contributed by atoms with van der Waals surface area (Å²) in [6, 6.07) is 4.31. The van der Waals surface area contributed by atoms with Gasteiger partial charge in [0.2, 0.25) is 0 Å². The molecule has 1 heterocycles. The van der Waals surface area contributed by atoms with E-state index in [9.17, 15) is 4.79 Å². The molecule has 2 rings (SSSR count). The fourth-order valence-electron chi connectivity index (χ4n) is 3.32. The molecule has 0 saturated heterocycles. The van der Waals surface area contributed by atoms with Crippen LogP contribution in [0.2, 0.25) is 0 Å². The predicted molar refractivity (Wildman–Crippen MR) is 86.5 cm³/mol. The first-order chi connectivity index (χ1) is 9.58. The second kappa shape index (κ2) is 6.86. The number of Topliss-reactive ketones (excluding diaryl/α,β-unsaturated/α-hetero) is 1. The van der Waals surface area contributed by atoms with Crippen LogP contribution in [0.3, 0.4) is 0 Å². The van der Waals surface area contributed by atoms with Crippen LogP contribution in [-0.2, 0) is 17.6 Å². The minimum absolute atomic E-state index is 0.215. The van der Waals surface area contributed by atoms with E-state index < -0.39 is 0 Å². The minimum Gasteiger partial charge on any atom is -0.297 e. The van der Waals surface area contributed by atoms with Gasteiger partial charge in [-0.2, -0.15) is 0 Å². The topological polar surface area (TPSA) is 20.3 Å². The molecule has 1 aromatic heterocycles. The molecule has 0 radical (unpaired) electrons. The number of hydrogen-bond acceptors (Lipinski definition) is 3. The van der Waals surface area contributed by atoms with E-state index in [4.69, 9.17) is 0 Å². The number of nitrogens with zero attached hydrogens (tertiary/aromatic N) is 1. The van der Waals surface area contributed by atoms with E-state index >= 15 is 0 Å². The average molecular weight is 293 g/mol. The van der Waals surface area contributed by atoms with Crippen LogP contribution in [0.1, 0.15) is 55.2 Å². The van der Waals surface area contributed by atoms with Crippen LogP contribution in [0, 0.1) is 0 Å². The predicted octanol–water partition coefficient (Wildman–Crippen LogP) is 4.08. The third kappa shape index (κ3) is 3.32. The van der Waals surface area contributed by atoms with E-state index in [0.717, 1.165) is 19.3 Å². The summed E-state index contributed by atoms with van der Waals surface area (Å²) in [5, 5.41) is 0. The van der Waals surface area contributed by atoms with Gasteiger partial charge in [0.15, 0.2) is 5.78 Å². The van der Waals surface area contributed by atoms with Crippen molar-refractivity contribution in [3.8, 4) is 0 Å². The van der Waals surface area contributed by atoms with E-state index in [-0.39, 0.29) is 5.54 Å². The van der Waals surface area contributed by atoms with Gasteiger partial charge in [0.1, 0.15) is 0 Å². The van der Waals surface area contributed by atoms with Crippen LogP contribution in [-0.4, -0.2) is 30.3 Å². The molecule has 0 spiro atoms. The van der Waals surface area contributed by atoms with E-state index in [2.05, 4.69) is 38.1 Å². The van der Waals surface area contributed by atoms with Gasteiger partial charge in [-0.25, -0.2) is 0 Å². The van der Waals surface area contributed by atoms with Crippen LogP contribution in [0.5, 0.6) is 0 Å². The summed E-state index contributed by atoms with van der Waals surface area (Å²) in [4.78, 5) is 17.8. The molecule has 1 aliphatic rings. The highest BCUT2D eigenvalue weighted by Crippen LogP contribution is 2.33. The van der Waals surface area contributed by atoms with Crippen LogP contribution >= 0.6 is 11.3 Å². The van der Waals surface area contributed by atoms with Crippen molar-refractivity contribution in [1.29, 1.82) is 0 Å². The van der Waals surface area contributed by atoms with Crippen molar-refractivity contribution in [2.75, 3.05) is 14.1 Å². The van der Waals surface area contributed by atoms with Crippen molar-refractivity contribution < 1.29 is 4.79 Å². The summed E-state index contributed by atoms with van der Waals surface area (Å²) in [6.07, 6.45) is 8.68. The average Bonchev–Trinajstić information content (AvgIpc) is 2.73. The number of aryl methyl sites for hydroxylation is 1. The molecule has 1 saturated carbocycles. The Morgan fingerprint density at radius 2 is 1.75 bits per heavy atom. The lowest BCUT2D eigenvalue weighted by Crippen LogP contribution is -2.51. The SMILES string of the molecule is CCc1ccc(CC(=O)C2(N(C)C)CCCCCC2)s1. The molecule has 0 aromatic carbocycles. The summed E-state index contributed by atoms with van der Waals surface area (Å²) in [5.41, 5.74) is -0.215. The molecule has 3 heteroatoms. The van der Waals surface area contributed by atoms with Crippen molar-refractivity contribution in [2.45, 2.75) is 63.8 Å². The normalized spacial score (nSPS) is 19.0. The third-order valence-corrected chi connectivity index (χ3v) is 5.94. The molecule has 20 heavy (non-hydrogen) atoms. The van der Waals surface area contributed by atoms with Crippen LogP contribution in [0.25, 0.3) is 0 Å². The van der Waals surface area contributed by atoms with Gasteiger partial charge in [-0.3, -0.25) is 9.69 Å². The molecule has 112 valence electrons. The Morgan fingerprint density at radius 1 is 1.15 bits per heavy atom. The number of rotatable bonds is 5. The lowest BCUT2D eigenvalue weighted by molar-refractivity contribution is -0.130. The zero-order valence-corrected chi connectivity index (χ0v) is 13.9. The molecule has 0 N–H and O–H groups in total. The first kappa shape index (κ1) is 15.7. The molecule has 0 atom stereocenters. The highest BCUT2D eigenvalue weighted by atomic mass is 32.1. The molecule has 1 aromatic rings. The Bertz CT molecular complexity index is 442. The van der Waals surface area contributed by atoms with Crippen molar-refractivity contribution >= 4 is 17.1 Å². The smallest absolute Gasteiger partial charge is 0.158 e. The summed E-state index contributed by atoms with van der Waals surface area (Å²) in [6.45, 7) is 2.17. The van der Waals surface area contributed by atoms with Crippen molar-refractivity contribution in [3.05, 3.63) is 21.9 Å². The molecule has 0 aliphatic heterocycles. The molecule has 1 fully saturated rings. The quantitative estimate of drug-likeness (QED) is 0.763. The highest BCUT2D eigenvalue weighted by Gasteiger charge is 2.39. The van der Waals surface area contributed by atoms with Gasteiger partial charge >= 0.3 is 0 Å². The number of hydrogen-bond donors (Lipinski definition) is 0. The van der Waals surface area contributed by atoms with Gasteiger partial charge in [-0.1, -0.05) is 32.6 Å². The fourth-order valence-corrected chi connectivity index (χ4v) is 4.28. The van der Waals surface area contributed by atoms with Gasteiger partial charge in [-0.05, 0) is 45.5 Å². The Kier molecular flexibility index (Phi) is 5.39. The number of carbonyl (C=O) groups is 1. The lowest BCUT2D eigenvalue weighted by atomic mass is 9.83. The second-order valence-electron chi connectivity index (χ2n) is 6.16. The summed E-state index contributed by atoms with van der Waals surface area (Å²) >= 11 is 1.80. The number of likely N-dealkylation sites (N-methyl/N-ethyl adjacent to an activating group) is 1. The van der Waals surface area contributed by atoms with E-state index in [1.807, 2.05) is 0 Å². The maximum atomic E-state index is 12.9.